The average Bonchev–Trinajstić information content (AvgIpc) is 2.62. The molecule has 0 bridgehead atoms. The van der Waals surface area contributed by atoms with E-state index < -0.39 is 6.04 Å². The van der Waals surface area contributed by atoms with Crippen LogP contribution in [0.25, 0.3) is 0 Å². The fourth-order valence-electron chi connectivity index (χ4n) is 3.94. The third-order valence-electron chi connectivity index (χ3n) is 5.49. The van der Waals surface area contributed by atoms with Crippen molar-refractivity contribution in [1.82, 2.24) is 10.6 Å². The third-order valence-corrected chi connectivity index (χ3v) is 5.49. The van der Waals surface area contributed by atoms with Crippen LogP contribution >= 0.6 is 0 Å². The molecular formula is C19H34N2O3. The average molecular weight is 338 g/mol. The Morgan fingerprint density at radius 3 is 2.33 bits per heavy atom. The first-order valence-corrected chi connectivity index (χ1v) is 9.80. The van der Waals surface area contributed by atoms with Crippen LogP contribution in [0.2, 0.25) is 0 Å². The van der Waals surface area contributed by atoms with E-state index in [1.54, 1.807) is 6.92 Å². The Kier molecular flexibility index (Phi) is 8.03. The second kappa shape index (κ2) is 10.0. The second-order valence-electron chi connectivity index (χ2n) is 7.42. The smallest absolute Gasteiger partial charge is 0.242 e. The van der Waals surface area contributed by atoms with Gasteiger partial charge in [-0.1, -0.05) is 32.6 Å². The zero-order valence-corrected chi connectivity index (χ0v) is 15.3. The van der Waals surface area contributed by atoms with Gasteiger partial charge < -0.3 is 15.4 Å². The molecule has 0 spiro atoms. The van der Waals surface area contributed by atoms with Gasteiger partial charge in [0.25, 0.3) is 0 Å². The highest BCUT2D eigenvalue weighted by molar-refractivity contribution is 5.88. The van der Waals surface area contributed by atoms with Crippen LogP contribution in [0.3, 0.4) is 0 Å². The monoisotopic (exact) mass is 338 g/mol. The Morgan fingerprint density at radius 2 is 1.71 bits per heavy atom. The van der Waals surface area contributed by atoms with Gasteiger partial charge in [-0.15, -0.1) is 0 Å². The molecule has 0 aromatic heterocycles. The summed E-state index contributed by atoms with van der Waals surface area (Å²) < 4.78 is 5.29. The molecule has 1 aliphatic heterocycles. The molecular weight excluding hydrogens is 304 g/mol. The van der Waals surface area contributed by atoms with Gasteiger partial charge in [-0.3, -0.25) is 9.59 Å². The van der Waals surface area contributed by atoms with E-state index in [-0.39, 0.29) is 23.8 Å². The summed E-state index contributed by atoms with van der Waals surface area (Å²) in [6.07, 6.45) is 9.90. The highest BCUT2D eigenvalue weighted by Gasteiger charge is 2.28. The lowest BCUT2D eigenvalue weighted by Gasteiger charge is -2.32. The minimum atomic E-state index is -0.469. The highest BCUT2D eigenvalue weighted by Crippen LogP contribution is 2.28. The molecule has 2 fully saturated rings. The number of carbonyl (C=O) groups excluding carboxylic acids is 2. The van der Waals surface area contributed by atoms with Crippen molar-refractivity contribution in [2.24, 2.45) is 11.8 Å². The van der Waals surface area contributed by atoms with E-state index in [1.807, 2.05) is 0 Å². The van der Waals surface area contributed by atoms with Crippen LogP contribution in [0.15, 0.2) is 0 Å². The normalized spacial score (nSPS) is 22.6. The predicted molar refractivity (Wildman–Crippen MR) is 94.6 cm³/mol. The summed E-state index contributed by atoms with van der Waals surface area (Å²) in [5, 5.41) is 6.11. The number of nitrogens with one attached hydrogen (secondary N) is 2. The molecule has 24 heavy (non-hydrogen) atoms. The van der Waals surface area contributed by atoms with E-state index in [1.165, 1.54) is 32.1 Å². The largest absolute Gasteiger partial charge is 0.381 e. The van der Waals surface area contributed by atoms with Gasteiger partial charge in [0.05, 0.1) is 0 Å². The maximum atomic E-state index is 12.5. The number of ether oxygens (including phenoxy) is 1. The van der Waals surface area contributed by atoms with Crippen LogP contribution in [-0.2, 0) is 14.3 Å². The molecule has 2 aliphatic rings. The van der Waals surface area contributed by atoms with Crippen LogP contribution < -0.4 is 10.6 Å². The van der Waals surface area contributed by atoms with Gasteiger partial charge in [0, 0.05) is 25.2 Å². The van der Waals surface area contributed by atoms with Crippen molar-refractivity contribution in [3.63, 3.8) is 0 Å². The van der Waals surface area contributed by atoms with E-state index in [0.29, 0.717) is 19.1 Å². The fourth-order valence-corrected chi connectivity index (χ4v) is 3.94. The number of amides is 2. The van der Waals surface area contributed by atoms with Crippen molar-refractivity contribution in [3.8, 4) is 0 Å². The van der Waals surface area contributed by atoms with E-state index in [4.69, 9.17) is 4.74 Å². The molecule has 2 rings (SSSR count). The highest BCUT2D eigenvalue weighted by atomic mass is 16.5. The van der Waals surface area contributed by atoms with Crippen LogP contribution in [-0.4, -0.2) is 37.1 Å². The maximum Gasteiger partial charge on any atom is 0.242 e. The second-order valence-corrected chi connectivity index (χ2v) is 7.42. The first kappa shape index (κ1) is 19.2. The Balaban J connectivity index is 1.82. The zero-order valence-electron chi connectivity index (χ0n) is 15.3. The molecule has 2 amide bonds. The summed E-state index contributed by atoms with van der Waals surface area (Å²) in [6, 6.07) is -0.214. The minimum Gasteiger partial charge on any atom is -0.381 e. The summed E-state index contributed by atoms with van der Waals surface area (Å²) in [7, 11) is 0. The van der Waals surface area contributed by atoms with Gasteiger partial charge in [-0.2, -0.15) is 0 Å². The van der Waals surface area contributed by atoms with Crippen LogP contribution in [0, 0.1) is 11.8 Å². The van der Waals surface area contributed by atoms with E-state index in [2.05, 4.69) is 17.6 Å². The fraction of sp³-hybridized carbons (Fsp3) is 0.895. The van der Waals surface area contributed by atoms with E-state index in [0.717, 1.165) is 25.7 Å². The molecule has 1 aliphatic carbocycles. The molecule has 2 atom stereocenters. The summed E-state index contributed by atoms with van der Waals surface area (Å²) in [5.41, 5.74) is 0. The molecule has 5 nitrogen and oxygen atoms in total. The molecule has 2 N–H and O–H groups in total. The predicted octanol–water partition coefficient (Wildman–Crippen LogP) is 2.78. The molecule has 0 aromatic carbocycles. The molecule has 5 heteroatoms. The lowest BCUT2D eigenvalue weighted by Crippen LogP contribution is -2.51. The number of hydrogen-bond donors (Lipinski definition) is 2. The topological polar surface area (TPSA) is 67.4 Å². The standard InChI is InChI=1S/C19H34N2O3/c1-3-7-17(15-8-5-4-6-9-15)21-18(22)14(2)20-19(23)16-10-12-24-13-11-16/h14-17H,3-13H2,1-2H3,(H,20,23)(H,21,22)/t14-,17+/m1/s1. The van der Waals surface area contributed by atoms with Gasteiger partial charge in [-0.25, -0.2) is 0 Å². The van der Waals surface area contributed by atoms with Gasteiger partial charge in [0.15, 0.2) is 0 Å². The molecule has 138 valence electrons. The Morgan fingerprint density at radius 1 is 1.04 bits per heavy atom. The molecule has 0 unspecified atom stereocenters. The van der Waals surface area contributed by atoms with Gasteiger partial charge in [-0.05, 0) is 44.9 Å². The molecule has 0 aromatic rings. The van der Waals surface area contributed by atoms with E-state index in [9.17, 15) is 9.59 Å². The summed E-state index contributed by atoms with van der Waals surface area (Å²) in [6.45, 7) is 5.23. The summed E-state index contributed by atoms with van der Waals surface area (Å²) in [4.78, 5) is 24.8. The van der Waals surface area contributed by atoms with E-state index >= 15 is 0 Å². The lowest BCUT2D eigenvalue weighted by molar-refractivity contribution is -0.133. The maximum absolute atomic E-state index is 12.5. The minimum absolute atomic E-state index is 0.00865. The zero-order chi connectivity index (χ0) is 17.4. The van der Waals surface area contributed by atoms with Gasteiger partial charge >= 0.3 is 0 Å². The Bertz CT molecular complexity index is 401. The van der Waals surface area contributed by atoms with Crippen molar-refractivity contribution < 1.29 is 14.3 Å². The van der Waals surface area contributed by atoms with Crippen LogP contribution in [0.1, 0.15) is 71.6 Å². The Hall–Kier alpha value is -1.10. The van der Waals surface area contributed by atoms with Crippen molar-refractivity contribution >= 4 is 11.8 Å². The Labute approximate surface area is 146 Å². The quantitative estimate of drug-likeness (QED) is 0.750. The molecule has 1 saturated carbocycles. The van der Waals surface area contributed by atoms with Crippen molar-refractivity contribution in [3.05, 3.63) is 0 Å². The third kappa shape index (κ3) is 5.76. The lowest BCUT2D eigenvalue weighted by atomic mass is 9.82. The number of rotatable bonds is 7. The molecule has 0 radical (unpaired) electrons. The number of hydrogen-bond acceptors (Lipinski definition) is 3. The molecule has 1 heterocycles. The summed E-state index contributed by atoms with van der Waals surface area (Å²) >= 11 is 0. The van der Waals surface area contributed by atoms with Crippen molar-refractivity contribution in [1.29, 1.82) is 0 Å². The van der Waals surface area contributed by atoms with Crippen LogP contribution in [0.5, 0.6) is 0 Å². The number of carbonyl (C=O) groups is 2. The SMILES string of the molecule is CCC[C@H](NC(=O)[C@@H](C)NC(=O)C1CCOCC1)C1CCCCC1. The van der Waals surface area contributed by atoms with Gasteiger partial charge in [0.2, 0.25) is 11.8 Å². The summed E-state index contributed by atoms with van der Waals surface area (Å²) in [5.74, 6) is 0.532. The molecule has 1 saturated heterocycles. The van der Waals surface area contributed by atoms with Gasteiger partial charge in [0.1, 0.15) is 6.04 Å². The van der Waals surface area contributed by atoms with Crippen molar-refractivity contribution in [2.75, 3.05) is 13.2 Å². The first-order valence-electron chi connectivity index (χ1n) is 9.80. The van der Waals surface area contributed by atoms with Crippen molar-refractivity contribution in [2.45, 2.75) is 83.7 Å². The van der Waals surface area contributed by atoms with Crippen LogP contribution in [0.4, 0.5) is 0 Å². The first-order chi connectivity index (χ1) is 11.6.